The number of hydrogen-bond acceptors (Lipinski definition) is 2. The van der Waals surface area contributed by atoms with Crippen LogP contribution >= 0.6 is 0 Å². The monoisotopic (exact) mass is 479 g/mol. The van der Waals surface area contributed by atoms with Gasteiger partial charge in [0.25, 0.3) is 0 Å². The molecular weight excluding hydrogens is 426 g/mol. The van der Waals surface area contributed by atoms with Gasteiger partial charge in [-0.2, -0.15) is 5.06 Å². The van der Waals surface area contributed by atoms with E-state index in [1.807, 2.05) is 6.08 Å². The van der Waals surface area contributed by atoms with E-state index in [-0.39, 0.29) is 11.1 Å². The molecule has 0 spiro atoms. The average molecular weight is 480 g/mol. The van der Waals surface area contributed by atoms with E-state index in [1.165, 1.54) is 69.8 Å². The summed E-state index contributed by atoms with van der Waals surface area (Å²) in [5, 5.41) is 2.24. The zero-order valence-electron chi connectivity index (χ0n) is 23.5. The van der Waals surface area contributed by atoms with Crippen LogP contribution in [0.2, 0.25) is 0 Å². The number of nitrogens with zero attached hydrogens (tertiary/aromatic N) is 1. The largest absolute Gasteiger partial charge is 0.294 e. The summed E-state index contributed by atoms with van der Waals surface area (Å²) in [5.41, 5.74) is 3.10. The third-order valence-electron chi connectivity index (χ3n) is 9.82. The first-order valence-corrected chi connectivity index (χ1v) is 14.9. The lowest BCUT2D eigenvalue weighted by atomic mass is 9.68. The van der Waals surface area contributed by atoms with Crippen LogP contribution in [0, 0.1) is 17.8 Å². The highest BCUT2D eigenvalue weighted by Gasteiger charge is 2.46. The summed E-state index contributed by atoms with van der Waals surface area (Å²) in [4.78, 5) is 6.13. The van der Waals surface area contributed by atoms with Crippen molar-refractivity contribution >= 4 is 0 Å². The van der Waals surface area contributed by atoms with E-state index in [4.69, 9.17) is 4.84 Å². The fourth-order valence-electron chi connectivity index (χ4n) is 8.30. The minimum atomic E-state index is 0.00214. The van der Waals surface area contributed by atoms with Crippen LogP contribution in [-0.4, -0.2) is 22.7 Å². The van der Waals surface area contributed by atoms with Crippen molar-refractivity contribution in [2.45, 2.75) is 135 Å². The summed E-state index contributed by atoms with van der Waals surface area (Å²) in [6.45, 7) is 16.1. The number of rotatable bonds is 8. The van der Waals surface area contributed by atoms with Crippen LogP contribution in [-0.2, 0) is 4.84 Å². The van der Waals surface area contributed by atoms with E-state index in [9.17, 15) is 0 Å². The summed E-state index contributed by atoms with van der Waals surface area (Å²) < 4.78 is 0. The van der Waals surface area contributed by atoms with Gasteiger partial charge in [-0.05, 0) is 120 Å². The standard InChI is InChI=1S/C33H53NO/c1-7-9-25-10-12-26(13-11-25)27-14-16-28(17-15-27)29-18-20-30(21-19-29)31-23-32(3,4)34(35-22-8-2)33(5,6)24-31/h8,18-21,25-28,31H,2,7,9-17,22-24H2,1,3-6H3. The number of hydrogen-bond donors (Lipinski definition) is 0. The number of hydroxylamine groups is 2. The van der Waals surface area contributed by atoms with Crippen LogP contribution in [0.4, 0.5) is 0 Å². The minimum Gasteiger partial charge on any atom is -0.294 e. The van der Waals surface area contributed by atoms with Crippen molar-refractivity contribution in [3.8, 4) is 0 Å². The fraction of sp³-hybridized carbons (Fsp3) is 0.758. The first kappa shape index (κ1) is 26.9. The van der Waals surface area contributed by atoms with Gasteiger partial charge in [0, 0.05) is 11.1 Å². The molecule has 2 saturated carbocycles. The molecule has 1 saturated heterocycles. The Morgan fingerprint density at radius 1 is 0.800 bits per heavy atom. The molecular formula is C33H53NO. The molecule has 1 aromatic rings. The van der Waals surface area contributed by atoms with Crippen LogP contribution in [0.5, 0.6) is 0 Å². The molecule has 3 aliphatic rings. The summed E-state index contributed by atoms with van der Waals surface area (Å²) in [6, 6.07) is 9.84. The molecule has 1 heterocycles. The molecule has 0 radical (unpaired) electrons. The Morgan fingerprint density at radius 2 is 1.29 bits per heavy atom. The van der Waals surface area contributed by atoms with Crippen LogP contribution in [0.3, 0.4) is 0 Å². The Labute approximate surface area is 216 Å². The molecule has 0 atom stereocenters. The van der Waals surface area contributed by atoms with Crippen LogP contribution < -0.4 is 0 Å². The van der Waals surface area contributed by atoms with Crippen molar-refractivity contribution < 1.29 is 4.84 Å². The lowest BCUT2D eigenvalue weighted by molar-refractivity contribution is -0.277. The Morgan fingerprint density at radius 3 is 1.77 bits per heavy atom. The molecule has 35 heavy (non-hydrogen) atoms. The van der Waals surface area contributed by atoms with Crippen LogP contribution in [0.25, 0.3) is 0 Å². The summed E-state index contributed by atoms with van der Waals surface area (Å²) >= 11 is 0. The second-order valence-corrected chi connectivity index (χ2v) is 13.5. The number of benzene rings is 1. The van der Waals surface area contributed by atoms with Crippen molar-refractivity contribution in [3.05, 3.63) is 48.0 Å². The molecule has 2 nitrogen and oxygen atoms in total. The lowest BCUT2D eigenvalue weighted by Crippen LogP contribution is -2.59. The van der Waals surface area contributed by atoms with Gasteiger partial charge >= 0.3 is 0 Å². The molecule has 0 amide bonds. The third-order valence-corrected chi connectivity index (χ3v) is 9.82. The molecule has 3 fully saturated rings. The van der Waals surface area contributed by atoms with E-state index < -0.39 is 0 Å². The van der Waals surface area contributed by atoms with Gasteiger partial charge in [0.15, 0.2) is 0 Å². The predicted molar refractivity (Wildman–Crippen MR) is 150 cm³/mol. The average Bonchev–Trinajstić information content (AvgIpc) is 2.84. The third kappa shape index (κ3) is 6.42. The molecule has 2 aliphatic carbocycles. The van der Waals surface area contributed by atoms with Gasteiger partial charge in [0.1, 0.15) is 0 Å². The maximum Gasteiger partial charge on any atom is 0.0864 e. The Balaban J connectivity index is 1.31. The maximum absolute atomic E-state index is 6.13. The molecule has 1 aliphatic heterocycles. The van der Waals surface area contributed by atoms with Gasteiger partial charge in [0.05, 0.1) is 6.61 Å². The summed E-state index contributed by atoms with van der Waals surface area (Å²) in [6.07, 6.45) is 18.7. The zero-order valence-corrected chi connectivity index (χ0v) is 23.5. The van der Waals surface area contributed by atoms with Crippen molar-refractivity contribution in [2.75, 3.05) is 6.61 Å². The van der Waals surface area contributed by atoms with Crippen molar-refractivity contribution in [1.82, 2.24) is 5.06 Å². The second-order valence-electron chi connectivity index (χ2n) is 13.5. The Kier molecular flexibility index (Phi) is 8.86. The molecule has 4 rings (SSSR count). The highest BCUT2D eigenvalue weighted by molar-refractivity contribution is 5.29. The first-order chi connectivity index (χ1) is 16.7. The molecule has 0 unspecified atom stereocenters. The minimum absolute atomic E-state index is 0.00214. The van der Waals surface area contributed by atoms with E-state index in [0.717, 1.165) is 36.5 Å². The van der Waals surface area contributed by atoms with Gasteiger partial charge in [-0.1, -0.05) is 62.9 Å². The lowest BCUT2D eigenvalue weighted by Gasteiger charge is -2.54. The molecule has 0 bridgehead atoms. The fourth-order valence-corrected chi connectivity index (χ4v) is 8.30. The van der Waals surface area contributed by atoms with Gasteiger partial charge in [0.2, 0.25) is 0 Å². The van der Waals surface area contributed by atoms with E-state index >= 15 is 0 Å². The molecule has 196 valence electrons. The van der Waals surface area contributed by atoms with Gasteiger partial charge in [-0.25, -0.2) is 0 Å². The van der Waals surface area contributed by atoms with Crippen molar-refractivity contribution in [1.29, 1.82) is 0 Å². The van der Waals surface area contributed by atoms with Crippen molar-refractivity contribution in [2.24, 2.45) is 17.8 Å². The zero-order chi connectivity index (χ0) is 25.1. The topological polar surface area (TPSA) is 12.5 Å². The molecule has 0 N–H and O–H groups in total. The van der Waals surface area contributed by atoms with E-state index in [2.05, 4.69) is 70.5 Å². The molecule has 1 aromatic carbocycles. The van der Waals surface area contributed by atoms with Gasteiger partial charge in [-0.3, -0.25) is 4.84 Å². The van der Waals surface area contributed by atoms with Crippen LogP contribution in [0.15, 0.2) is 36.9 Å². The molecule has 0 aromatic heterocycles. The predicted octanol–water partition coefficient (Wildman–Crippen LogP) is 9.42. The molecule has 2 heteroatoms. The van der Waals surface area contributed by atoms with Gasteiger partial charge < -0.3 is 0 Å². The summed E-state index contributed by atoms with van der Waals surface area (Å²) in [5.74, 6) is 4.43. The Hall–Kier alpha value is -1.12. The van der Waals surface area contributed by atoms with Crippen LogP contribution in [0.1, 0.15) is 135 Å². The van der Waals surface area contributed by atoms with E-state index in [1.54, 1.807) is 5.56 Å². The quantitative estimate of drug-likeness (QED) is 0.344. The smallest absolute Gasteiger partial charge is 0.0864 e. The highest BCUT2D eigenvalue weighted by Crippen LogP contribution is 2.47. The second kappa shape index (κ2) is 11.5. The SMILES string of the molecule is C=CCON1C(C)(C)CC(c2ccc(C3CCC(C4CCC(CCC)CC4)CC3)cc2)CC1(C)C. The Bertz CT molecular complexity index is 775. The van der Waals surface area contributed by atoms with Crippen molar-refractivity contribution in [3.63, 3.8) is 0 Å². The summed E-state index contributed by atoms with van der Waals surface area (Å²) in [7, 11) is 0. The normalized spacial score (nSPS) is 31.8. The van der Waals surface area contributed by atoms with E-state index in [0.29, 0.717) is 12.5 Å². The maximum atomic E-state index is 6.13. The number of piperidine rings is 1. The van der Waals surface area contributed by atoms with Gasteiger partial charge in [-0.15, -0.1) is 6.58 Å². The highest BCUT2D eigenvalue weighted by atomic mass is 16.7. The first-order valence-electron chi connectivity index (χ1n) is 14.9.